The molecule has 0 aliphatic heterocycles. The van der Waals surface area contributed by atoms with Gasteiger partial charge in [0, 0.05) is 16.4 Å². The predicted molar refractivity (Wildman–Crippen MR) is 81.6 cm³/mol. The maximum Gasteiger partial charge on any atom is 0.335 e. The van der Waals surface area contributed by atoms with Crippen LogP contribution in [-0.2, 0) is 0 Å². The molecule has 4 nitrogen and oxygen atoms in total. The number of pyridine rings is 1. The maximum atomic E-state index is 10.8. The van der Waals surface area contributed by atoms with Gasteiger partial charge in [-0.05, 0) is 46.3 Å². The molecule has 1 heterocycles. The number of ether oxygens (including phenoxy) is 1. The average Bonchev–Trinajstić information content (AvgIpc) is 2.45. The molecule has 0 unspecified atom stereocenters. The summed E-state index contributed by atoms with van der Waals surface area (Å²) in [5.41, 5.74) is 0.225. The van der Waals surface area contributed by atoms with Crippen molar-refractivity contribution in [3.8, 4) is 5.75 Å². The van der Waals surface area contributed by atoms with Crippen LogP contribution in [0.3, 0.4) is 0 Å². The van der Waals surface area contributed by atoms with Gasteiger partial charge < -0.3 is 9.84 Å². The first-order chi connectivity index (χ1) is 9.66. The molecular weight excluding hydrogens is 342 g/mol. The number of carbonyl (C=O) groups is 1. The molecule has 0 atom stereocenters. The third-order valence-corrected chi connectivity index (χ3v) is 4.27. The van der Waals surface area contributed by atoms with Crippen molar-refractivity contribution in [3.05, 3.63) is 52.6 Å². The van der Waals surface area contributed by atoms with Crippen LogP contribution in [0.1, 0.15) is 10.4 Å². The molecule has 0 amide bonds. The number of aromatic nitrogens is 1. The highest BCUT2D eigenvalue weighted by Crippen LogP contribution is 2.24. The molecule has 6 heteroatoms. The van der Waals surface area contributed by atoms with Gasteiger partial charge in [0.2, 0.25) is 0 Å². The summed E-state index contributed by atoms with van der Waals surface area (Å²) < 4.78 is 6.49. The molecule has 2 rings (SSSR count). The minimum Gasteiger partial charge on any atom is -0.493 e. The van der Waals surface area contributed by atoms with E-state index in [1.807, 2.05) is 12.1 Å². The molecule has 2 aromatic rings. The van der Waals surface area contributed by atoms with Crippen molar-refractivity contribution in [2.24, 2.45) is 0 Å². The van der Waals surface area contributed by atoms with Crippen molar-refractivity contribution in [1.82, 2.24) is 4.98 Å². The fourth-order valence-corrected chi connectivity index (χ4v) is 2.79. The van der Waals surface area contributed by atoms with E-state index in [1.54, 1.807) is 30.1 Å². The summed E-state index contributed by atoms with van der Waals surface area (Å²) in [6.45, 7) is 0.483. The van der Waals surface area contributed by atoms with Crippen LogP contribution in [0.15, 0.2) is 52.1 Å². The topological polar surface area (TPSA) is 59.4 Å². The zero-order chi connectivity index (χ0) is 14.4. The van der Waals surface area contributed by atoms with Gasteiger partial charge in [0.15, 0.2) is 0 Å². The molecule has 0 saturated heterocycles. The number of rotatable bonds is 6. The molecule has 1 aromatic carbocycles. The number of aromatic carboxylic acids is 1. The molecule has 0 radical (unpaired) electrons. The molecule has 20 heavy (non-hydrogen) atoms. The van der Waals surface area contributed by atoms with Gasteiger partial charge in [0.05, 0.1) is 12.2 Å². The molecule has 0 bridgehead atoms. The maximum absolute atomic E-state index is 10.8. The molecular formula is C14H12BrNO3S. The standard InChI is InChI=1S/C14H12BrNO3S/c15-12-5-2-6-16-13(12)20-8-7-19-11-4-1-3-10(9-11)14(17)18/h1-6,9H,7-8H2,(H,17,18). The molecule has 1 N–H and O–H groups in total. The van der Waals surface area contributed by atoms with Crippen molar-refractivity contribution >= 4 is 33.7 Å². The van der Waals surface area contributed by atoms with Gasteiger partial charge in [-0.1, -0.05) is 6.07 Å². The Labute approximate surface area is 129 Å². The number of nitrogens with zero attached hydrogens (tertiary/aromatic N) is 1. The van der Waals surface area contributed by atoms with Crippen molar-refractivity contribution in [1.29, 1.82) is 0 Å². The zero-order valence-electron chi connectivity index (χ0n) is 10.5. The highest BCUT2D eigenvalue weighted by atomic mass is 79.9. The predicted octanol–water partition coefficient (Wildman–Crippen LogP) is 3.71. The lowest BCUT2D eigenvalue weighted by Crippen LogP contribution is -2.02. The van der Waals surface area contributed by atoms with Crippen LogP contribution < -0.4 is 4.74 Å². The van der Waals surface area contributed by atoms with E-state index >= 15 is 0 Å². The first-order valence-electron chi connectivity index (χ1n) is 5.86. The van der Waals surface area contributed by atoms with E-state index in [0.717, 1.165) is 15.3 Å². The minimum absolute atomic E-state index is 0.225. The van der Waals surface area contributed by atoms with Gasteiger partial charge in [-0.3, -0.25) is 0 Å². The summed E-state index contributed by atoms with van der Waals surface area (Å²) in [7, 11) is 0. The van der Waals surface area contributed by atoms with Gasteiger partial charge in [-0.25, -0.2) is 9.78 Å². The summed E-state index contributed by atoms with van der Waals surface area (Å²) in [6, 6.07) is 10.3. The lowest BCUT2D eigenvalue weighted by molar-refractivity contribution is 0.0696. The SMILES string of the molecule is O=C(O)c1cccc(OCCSc2ncccc2Br)c1. The van der Waals surface area contributed by atoms with Gasteiger partial charge >= 0.3 is 5.97 Å². The van der Waals surface area contributed by atoms with Crippen LogP contribution in [0.5, 0.6) is 5.75 Å². The Hall–Kier alpha value is -1.53. The van der Waals surface area contributed by atoms with Crippen molar-refractivity contribution in [3.63, 3.8) is 0 Å². The monoisotopic (exact) mass is 353 g/mol. The van der Waals surface area contributed by atoms with Gasteiger partial charge in [0.1, 0.15) is 10.8 Å². The largest absolute Gasteiger partial charge is 0.493 e. The minimum atomic E-state index is -0.956. The number of thioether (sulfide) groups is 1. The number of hydrogen-bond acceptors (Lipinski definition) is 4. The summed E-state index contributed by atoms with van der Waals surface area (Å²) in [5.74, 6) is 0.334. The van der Waals surface area contributed by atoms with E-state index in [9.17, 15) is 4.79 Å². The molecule has 0 fully saturated rings. The van der Waals surface area contributed by atoms with Crippen LogP contribution >= 0.6 is 27.7 Å². The zero-order valence-corrected chi connectivity index (χ0v) is 12.9. The molecule has 0 saturated carbocycles. The second-order valence-corrected chi connectivity index (χ2v) is 5.76. The number of carboxylic acids is 1. The Morgan fingerprint density at radius 1 is 1.35 bits per heavy atom. The van der Waals surface area contributed by atoms with Gasteiger partial charge in [-0.15, -0.1) is 11.8 Å². The number of hydrogen-bond donors (Lipinski definition) is 1. The fourth-order valence-electron chi connectivity index (χ4n) is 1.49. The first kappa shape index (κ1) is 14.9. The van der Waals surface area contributed by atoms with Crippen molar-refractivity contribution in [2.45, 2.75) is 5.03 Å². The quantitative estimate of drug-likeness (QED) is 0.633. The van der Waals surface area contributed by atoms with E-state index in [4.69, 9.17) is 9.84 Å². The molecule has 0 spiro atoms. The summed E-state index contributed by atoms with van der Waals surface area (Å²) in [5, 5.41) is 9.80. The van der Waals surface area contributed by atoms with Crippen LogP contribution in [0, 0.1) is 0 Å². The third kappa shape index (κ3) is 4.25. The third-order valence-electron chi connectivity index (χ3n) is 2.40. The Morgan fingerprint density at radius 2 is 2.20 bits per heavy atom. The lowest BCUT2D eigenvalue weighted by Gasteiger charge is -2.07. The Bertz CT molecular complexity index is 606. The van der Waals surface area contributed by atoms with Gasteiger partial charge in [-0.2, -0.15) is 0 Å². The Kier molecular flexibility index (Phi) is 5.43. The summed E-state index contributed by atoms with van der Waals surface area (Å²) in [4.78, 5) is 15.1. The highest BCUT2D eigenvalue weighted by molar-refractivity contribution is 9.10. The van der Waals surface area contributed by atoms with Crippen LogP contribution in [0.4, 0.5) is 0 Å². The molecule has 1 aromatic heterocycles. The van der Waals surface area contributed by atoms with E-state index in [-0.39, 0.29) is 5.56 Å². The van der Waals surface area contributed by atoms with Crippen molar-refractivity contribution < 1.29 is 14.6 Å². The lowest BCUT2D eigenvalue weighted by atomic mass is 10.2. The average molecular weight is 354 g/mol. The van der Waals surface area contributed by atoms with E-state index in [0.29, 0.717) is 12.4 Å². The number of benzene rings is 1. The summed E-state index contributed by atoms with van der Waals surface area (Å²) >= 11 is 5.01. The molecule has 0 aliphatic rings. The normalized spacial score (nSPS) is 10.2. The Balaban J connectivity index is 1.83. The van der Waals surface area contributed by atoms with Crippen LogP contribution in [0.25, 0.3) is 0 Å². The summed E-state index contributed by atoms with van der Waals surface area (Å²) in [6.07, 6.45) is 1.74. The smallest absolute Gasteiger partial charge is 0.335 e. The van der Waals surface area contributed by atoms with E-state index in [2.05, 4.69) is 20.9 Å². The second-order valence-electron chi connectivity index (χ2n) is 3.82. The van der Waals surface area contributed by atoms with Crippen LogP contribution in [-0.4, -0.2) is 28.4 Å². The van der Waals surface area contributed by atoms with Crippen molar-refractivity contribution in [2.75, 3.05) is 12.4 Å². The first-order valence-corrected chi connectivity index (χ1v) is 7.64. The van der Waals surface area contributed by atoms with Gasteiger partial charge in [0.25, 0.3) is 0 Å². The second kappa shape index (κ2) is 7.31. The fraction of sp³-hybridized carbons (Fsp3) is 0.143. The molecule has 0 aliphatic carbocycles. The number of carboxylic acid groups (broad SMARTS) is 1. The highest BCUT2D eigenvalue weighted by Gasteiger charge is 2.04. The number of halogens is 1. The van der Waals surface area contributed by atoms with E-state index in [1.165, 1.54) is 12.1 Å². The van der Waals surface area contributed by atoms with E-state index < -0.39 is 5.97 Å². The Morgan fingerprint density at radius 3 is 2.95 bits per heavy atom. The van der Waals surface area contributed by atoms with Crippen LogP contribution in [0.2, 0.25) is 0 Å². The molecule has 104 valence electrons.